The van der Waals surface area contributed by atoms with E-state index in [2.05, 4.69) is 21.2 Å². The molecule has 0 aliphatic carbocycles. The van der Waals surface area contributed by atoms with Gasteiger partial charge in [0.05, 0.1) is 16.8 Å². The highest BCUT2D eigenvalue weighted by atomic mass is 79.9. The number of hydrogen-bond acceptors (Lipinski definition) is 2. The second-order valence-electron chi connectivity index (χ2n) is 4.41. The third-order valence-electron chi connectivity index (χ3n) is 2.82. The summed E-state index contributed by atoms with van der Waals surface area (Å²) in [5.74, 6) is -0.252. The summed E-state index contributed by atoms with van der Waals surface area (Å²) in [6, 6.07) is 14.3. The molecule has 2 aromatic rings. The highest BCUT2D eigenvalue weighted by Crippen LogP contribution is 2.25. The van der Waals surface area contributed by atoms with E-state index in [0.717, 1.165) is 10.0 Å². The molecular weight excluding hydrogens is 340 g/mol. The lowest BCUT2D eigenvalue weighted by Gasteiger charge is -2.13. The monoisotopic (exact) mass is 352 g/mol. The molecule has 0 aromatic heterocycles. The number of halogens is 2. The largest absolute Gasteiger partial charge is 0.323 e. The minimum absolute atomic E-state index is 0.252. The third kappa shape index (κ3) is 4.07. The van der Waals surface area contributed by atoms with Crippen LogP contribution < -0.4 is 11.1 Å². The number of amides is 1. The van der Waals surface area contributed by atoms with Gasteiger partial charge in [-0.25, -0.2) is 0 Å². The van der Waals surface area contributed by atoms with Crippen LogP contribution in [-0.4, -0.2) is 11.9 Å². The van der Waals surface area contributed by atoms with Crippen LogP contribution in [0.15, 0.2) is 53.0 Å². The van der Waals surface area contributed by atoms with E-state index < -0.39 is 6.04 Å². The Bertz CT molecular complexity index is 604. The van der Waals surface area contributed by atoms with Crippen LogP contribution in [0.2, 0.25) is 5.02 Å². The predicted octanol–water partition coefficient (Wildman–Crippen LogP) is 3.61. The zero-order chi connectivity index (χ0) is 14.5. The van der Waals surface area contributed by atoms with Crippen LogP contribution in [0.25, 0.3) is 0 Å². The van der Waals surface area contributed by atoms with Crippen molar-refractivity contribution in [2.75, 3.05) is 5.32 Å². The van der Waals surface area contributed by atoms with Gasteiger partial charge in [0.15, 0.2) is 0 Å². The lowest BCUT2D eigenvalue weighted by Crippen LogP contribution is -2.37. The fourth-order valence-corrected chi connectivity index (χ4v) is 2.50. The van der Waals surface area contributed by atoms with Gasteiger partial charge >= 0.3 is 0 Å². The molecule has 3 nitrogen and oxygen atoms in total. The van der Waals surface area contributed by atoms with Gasteiger partial charge in [-0.2, -0.15) is 0 Å². The number of hydrogen-bond donors (Lipinski definition) is 2. The summed E-state index contributed by atoms with van der Waals surface area (Å²) in [5, 5.41) is 3.21. The molecule has 20 heavy (non-hydrogen) atoms. The van der Waals surface area contributed by atoms with Crippen molar-refractivity contribution in [2.45, 2.75) is 12.5 Å². The van der Waals surface area contributed by atoms with Gasteiger partial charge in [-0.05, 0) is 30.2 Å². The molecule has 5 heteroatoms. The van der Waals surface area contributed by atoms with Gasteiger partial charge in [0, 0.05) is 4.47 Å². The van der Waals surface area contributed by atoms with Crippen LogP contribution in [-0.2, 0) is 11.2 Å². The average molecular weight is 354 g/mol. The van der Waals surface area contributed by atoms with E-state index in [1.165, 1.54) is 0 Å². The molecule has 2 aromatic carbocycles. The first-order valence-corrected chi connectivity index (χ1v) is 7.29. The summed E-state index contributed by atoms with van der Waals surface area (Å²) in [5.41, 5.74) is 7.50. The number of nitrogens with one attached hydrogen (secondary N) is 1. The molecule has 0 radical (unpaired) electrons. The van der Waals surface area contributed by atoms with Crippen molar-refractivity contribution in [1.29, 1.82) is 0 Å². The molecule has 0 saturated heterocycles. The van der Waals surface area contributed by atoms with E-state index in [0.29, 0.717) is 17.1 Å². The molecule has 1 atom stereocenters. The standard InChI is InChI=1S/C15H14BrClN2O/c16-11-6-7-14(12(17)9-11)19-15(20)13(18)8-10-4-2-1-3-5-10/h1-7,9,13H,8,18H2,(H,19,20). The van der Waals surface area contributed by atoms with Gasteiger partial charge in [0.25, 0.3) is 0 Å². The molecule has 0 spiro atoms. The fraction of sp³-hybridized carbons (Fsp3) is 0.133. The van der Waals surface area contributed by atoms with Crippen LogP contribution in [0.3, 0.4) is 0 Å². The maximum Gasteiger partial charge on any atom is 0.241 e. The molecule has 0 aliphatic heterocycles. The Morgan fingerprint density at radius 1 is 1.25 bits per heavy atom. The van der Waals surface area contributed by atoms with E-state index >= 15 is 0 Å². The second kappa shape index (κ2) is 6.88. The van der Waals surface area contributed by atoms with Crippen LogP contribution >= 0.6 is 27.5 Å². The SMILES string of the molecule is NC(Cc1ccccc1)C(=O)Nc1ccc(Br)cc1Cl. The van der Waals surface area contributed by atoms with Crippen LogP contribution in [0.4, 0.5) is 5.69 Å². The summed E-state index contributed by atoms with van der Waals surface area (Å²) >= 11 is 9.37. The quantitative estimate of drug-likeness (QED) is 0.882. The summed E-state index contributed by atoms with van der Waals surface area (Å²) < 4.78 is 0.856. The number of carbonyl (C=O) groups excluding carboxylic acids is 1. The third-order valence-corrected chi connectivity index (χ3v) is 3.63. The van der Waals surface area contributed by atoms with Crippen molar-refractivity contribution >= 4 is 39.1 Å². The average Bonchev–Trinajstić information content (AvgIpc) is 2.43. The van der Waals surface area contributed by atoms with Crippen molar-refractivity contribution in [2.24, 2.45) is 5.73 Å². The summed E-state index contributed by atoms with van der Waals surface area (Å²) in [6.07, 6.45) is 0.487. The number of anilines is 1. The molecule has 0 heterocycles. The first-order valence-electron chi connectivity index (χ1n) is 6.11. The van der Waals surface area contributed by atoms with E-state index in [1.807, 2.05) is 36.4 Å². The van der Waals surface area contributed by atoms with Crippen molar-refractivity contribution in [3.63, 3.8) is 0 Å². The van der Waals surface area contributed by atoms with Gasteiger partial charge in [0.1, 0.15) is 0 Å². The minimum atomic E-state index is -0.614. The molecule has 0 aliphatic rings. The van der Waals surface area contributed by atoms with Gasteiger partial charge in [-0.15, -0.1) is 0 Å². The summed E-state index contributed by atoms with van der Waals surface area (Å²) in [4.78, 5) is 12.0. The number of carbonyl (C=O) groups is 1. The van der Waals surface area contributed by atoms with E-state index in [4.69, 9.17) is 17.3 Å². The van der Waals surface area contributed by atoms with Crippen LogP contribution in [0, 0.1) is 0 Å². The van der Waals surface area contributed by atoms with E-state index in [1.54, 1.807) is 12.1 Å². The molecule has 1 amide bonds. The van der Waals surface area contributed by atoms with Crippen molar-refractivity contribution < 1.29 is 4.79 Å². The van der Waals surface area contributed by atoms with Gasteiger partial charge in [-0.3, -0.25) is 4.79 Å². The predicted molar refractivity (Wildman–Crippen MR) is 85.9 cm³/mol. The van der Waals surface area contributed by atoms with E-state index in [9.17, 15) is 4.79 Å². The Labute approximate surface area is 131 Å². The van der Waals surface area contributed by atoms with Gasteiger partial charge in [0.2, 0.25) is 5.91 Å². The molecule has 2 rings (SSSR count). The lowest BCUT2D eigenvalue weighted by molar-refractivity contribution is -0.117. The van der Waals surface area contributed by atoms with Crippen molar-refractivity contribution in [3.05, 3.63) is 63.6 Å². The zero-order valence-electron chi connectivity index (χ0n) is 10.6. The van der Waals surface area contributed by atoms with Crippen LogP contribution in [0.5, 0.6) is 0 Å². The minimum Gasteiger partial charge on any atom is -0.323 e. The summed E-state index contributed by atoms with van der Waals surface area (Å²) in [7, 11) is 0. The highest BCUT2D eigenvalue weighted by Gasteiger charge is 2.15. The molecular formula is C15H14BrClN2O. The summed E-state index contributed by atoms with van der Waals surface area (Å²) in [6.45, 7) is 0. The lowest BCUT2D eigenvalue weighted by atomic mass is 10.1. The Morgan fingerprint density at radius 2 is 1.95 bits per heavy atom. The molecule has 0 saturated carbocycles. The Morgan fingerprint density at radius 3 is 2.60 bits per heavy atom. The molecule has 104 valence electrons. The van der Waals surface area contributed by atoms with Crippen LogP contribution in [0.1, 0.15) is 5.56 Å². The smallest absolute Gasteiger partial charge is 0.241 e. The zero-order valence-corrected chi connectivity index (χ0v) is 13.0. The first kappa shape index (κ1) is 15.0. The number of nitrogens with two attached hydrogens (primary N) is 1. The molecule has 0 bridgehead atoms. The Kier molecular flexibility index (Phi) is 5.17. The first-order chi connectivity index (χ1) is 9.56. The second-order valence-corrected chi connectivity index (χ2v) is 5.73. The Hall–Kier alpha value is -1.36. The van der Waals surface area contributed by atoms with Gasteiger partial charge < -0.3 is 11.1 Å². The maximum atomic E-state index is 12.0. The van der Waals surface area contributed by atoms with Crippen molar-refractivity contribution in [3.8, 4) is 0 Å². The molecule has 1 unspecified atom stereocenters. The van der Waals surface area contributed by atoms with Gasteiger partial charge in [-0.1, -0.05) is 57.9 Å². The fourth-order valence-electron chi connectivity index (χ4n) is 1.78. The van der Waals surface area contributed by atoms with Crippen molar-refractivity contribution in [1.82, 2.24) is 0 Å². The van der Waals surface area contributed by atoms with E-state index in [-0.39, 0.29) is 5.91 Å². The maximum absolute atomic E-state index is 12.0. The topological polar surface area (TPSA) is 55.1 Å². The number of rotatable bonds is 4. The highest BCUT2D eigenvalue weighted by molar-refractivity contribution is 9.10. The molecule has 3 N–H and O–H groups in total. The Balaban J connectivity index is 2.01. The normalized spacial score (nSPS) is 11.9. The molecule has 0 fully saturated rings. The number of benzene rings is 2.